The number of nitrogens with one attached hydrogen (secondary N) is 1. The molecule has 1 saturated carbocycles. The average molecular weight is 234 g/mol. The predicted octanol–water partition coefficient (Wildman–Crippen LogP) is 1.22. The minimum Gasteiger partial charge on any atom is -0.397 e. The summed E-state index contributed by atoms with van der Waals surface area (Å²) in [5, 5.41) is 3.17. The largest absolute Gasteiger partial charge is 0.397 e. The summed E-state index contributed by atoms with van der Waals surface area (Å²) in [7, 11) is 0. The molecule has 92 valence electrons. The molecule has 1 aromatic heterocycles. The fourth-order valence-electron chi connectivity index (χ4n) is 1.95. The van der Waals surface area contributed by atoms with Crippen molar-refractivity contribution in [2.24, 2.45) is 17.1 Å². The second kappa shape index (κ2) is 3.91. The number of nitrogens with zero attached hydrogens (tertiary/aromatic N) is 1. The van der Waals surface area contributed by atoms with E-state index in [1.165, 1.54) is 12.6 Å². The quantitative estimate of drug-likeness (QED) is 0.730. The minimum atomic E-state index is -0.512. The highest BCUT2D eigenvalue weighted by Gasteiger charge is 2.45. The van der Waals surface area contributed by atoms with Crippen LogP contribution in [0.15, 0.2) is 12.3 Å². The number of aromatic nitrogens is 1. The monoisotopic (exact) mass is 234 g/mol. The van der Waals surface area contributed by atoms with E-state index in [0.717, 1.165) is 6.54 Å². The van der Waals surface area contributed by atoms with Crippen LogP contribution < -0.4 is 16.8 Å². The van der Waals surface area contributed by atoms with Crippen molar-refractivity contribution in [1.82, 2.24) is 4.98 Å². The third-order valence-electron chi connectivity index (χ3n) is 3.41. The van der Waals surface area contributed by atoms with Crippen molar-refractivity contribution < 1.29 is 4.79 Å². The van der Waals surface area contributed by atoms with Crippen molar-refractivity contribution in [3.63, 3.8) is 0 Å². The molecule has 0 spiro atoms. The zero-order valence-corrected chi connectivity index (χ0v) is 10.2. The molecule has 1 atom stereocenters. The van der Waals surface area contributed by atoms with Gasteiger partial charge in [-0.15, -0.1) is 0 Å². The first-order valence-corrected chi connectivity index (χ1v) is 5.69. The summed E-state index contributed by atoms with van der Waals surface area (Å²) in [5.41, 5.74) is 12.1. The predicted molar refractivity (Wildman–Crippen MR) is 67.5 cm³/mol. The van der Waals surface area contributed by atoms with Crippen LogP contribution >= 0.6 is 0 Å². The van der Waals surface area contributed by atoms with E-state index in [0.29, 0.717) is 28.4 Å². The summed E-state index contributed by atoms with van der Waals surface area (Å²) in [5.74, 6) is 0.638. The first kappa shape index (κ1) is 11.7. The third-order valence-corrected chi connectivity index (χ3v) is 3.41. The second-order valence-corrected chi connectivity index (χ2v) is 5.30. The Bertz CT molecular complexity index is 456. The molecule has 1 heterocycles. The van der Waals surface area contributed by atoms with Crippen LogP contribution in [0.1, 0.15) is 30.6 Å². The number of hydrogen-bond acceptors (Lipinski definition) is 4. The highest BCUT2D eigenvalue weighted by Crippen LogP contribution is 2.51. The number of primary amides is 1. The SMILES string of the molecule is CC1(C)CC1CNc1ncc(N)cc1C(N)=O. The fourth-order valence-corrected chi connectivity index (χ4v) is 1.95. The molecule has 2 rings (SSSR count). The lowest BCUT2D eigenvalue weighted by atomic mass is 10.1. The van der Waals surface area contributed by atoms with Gasteiger partial charge in [-0.1, -0.05) is 13.8 Å². The van der Waals surface area contributed by atoms with Gasteiger partial charge in [-0.25, -0.2) is 4.98 Å². The van der Waals surface area contributed by atoms with Crippen molar-refractivity contribution in [3.8, 4) is 0 Å². The van der Waals surface area contributed by atoms with E-state index in [-0.39, 0.29) is 0 Å². The Balaban J connectivity index is 2.08. The molecular formula is C12H18N4O. The molecule has 5 N–H and O–H groups in total. The molecule has 0 saturated heterocycles. The molecule has 5 nitrogen and oxygen atoms in total. The third kappa shape index (κ3) is 2.49. The molecule has 0 aliphatic heterocycles. The van der Waals surface area contributed by atoms with Gasteiger partial charge in [-0.05, 0) is 23.8 Å². The molecule has 0 radical (unpaired) electrons. The molecule has 17 heavy (non-hydrogen) atoms. The first-order chi connectivity index (χ1) is 7.90. The number of pyridine rings is 1. The van der Waals surface area contributed by atoms with Crippen molar-refractivity contribution in [3.05, 3.63) is 17.8 Å². The molecule has 1 aliphatic carbocycles. The standard InChI is InChI=1S/C12H18N4O/c1-12(2)4-7(12)5-15-11-9(10(14)17)3-8(13)6-16-11/h3,6-7H,4-5,13H2,1-2H3,(H2,14,17)(H,15,16). The van der Waals surface area contributed by atoms with Gasteiger partial charge in [-0.2, -0.15) is 0 Å². The lowest BCUT2D eigenvalue weighted by Crippen LogP contribution is -2.17. The smallest absolute Gasteiger partial charge is 0.252 e. The zero-order chi connectivity index (χ0) is 12.6. The highest BCUT2D eigenvalue weighted by atomic mass is 16.1. The molecule has 1 aliphatic rings. The van der Waals surface area contributed by atoms with E-state index in [4.69, 9.17) is 11.5 Å². The van der Waals surface area contributed by atoms with Crippen LogP contribution in [-0.4, -0.2) is 17.4 Å². The zero-order valence-electron chi connectivity index (χ0n) is 10.2. The lowest BCUT2D eigenvalue weighted by Gasteiger charge is -2.10. The van der Waals surface area contributed by atoms with Gasteiger partial charge < -0.3 is 16.8 Å². The van der Waals surface area contributed by atoms with Gasteiger partial charge in [0, 0.05) is 6.54 Å². The second-order valence-electron chi connectivity index (χ2n) is 5.30. The highest BCUT2D eigenvalue weighted by molar-refractivity contribution is 5.98. The van der Waals surface area contributed by atoms with Crippen LogP contribution in [0.3, 0.4) is 0 Å². The molecule has 1 fully saturated rings. The summed E-state index contributed by atoms with van der Waals surface area (Å²) >= 11 is 0. The molecule has 5 heteroatoms. The number of nitrogens with two attached hydrogens (primary N) is 2. The summed E-state index contributed by atoms with van der Waals surface area (Å²) < 4.78 is 0. The van der Waals surface area contributed by atoms with E-state index < -0.39 is 5.91 Å². The maximum Gasteiger partial charge on any atom is 0.252 e. The van der Waals surface area contributed by atoms with Crippen LogP contribution in [0.4, 0.5) is 11.5 Å². The van der Waals surface area contributed by atoms with Gasteiger partial charge in [-0.3, -0.25) is 4.79 Å². The van der Waals surface area contributed by atoms with Gasteiger partial charge >= 0.3 is 0 Å². The Morgan fingerprint density at radius 2 is 2.29 bits per heavy atom. The van der Waals surface area contributed by atoms with Crippen LogP contribution in [0.2, 0.25) is 0 Å². The van der Waals surface area contributed by atoms with E-state index >= 15 is 0 Å². The summed E-state index contributed by atoms with van der Waals surface area (Å²) in [4.78, 5) is 15.4. The van der Waals surface area contributed by atoms with Crippen LogP contribution in [0, 0.1) is 11.3 Å². The van der Waals surface area contributed by atoms with Crippen molar-refractivity contribution >= 4 is 17.4 Å². The van der Waals surface area contributed by atoms with Crippen molar-refractivity contribution in [2.45, 2.75) is 20.3 Å². The molecule has 0 aromatic carbocycles. The van der Waals surface area contributed by atoms with Gasteiger partial charge in [0.1, 0.15) is 5.82 Å². The molecule has 0 bridgehead atoms. The lowest BCUT2D eigenvalue weighted by molar-refractivity contribution is 0.100. The van der Waals surface area contributed by atoms with Gasteiger partial charge in [0.25, 0.3) is 5.91 Å². The molecule has 1 aromatic rings. The molecular weight excluding hydrogens is 216 g/mol. The number of rotatable bonds is 4. The number of carbonyl (C=O) groups is 1. The maximum absolute atomic E-state index is 11.2. The number of nitrogen functional groups attached to an aromatic ring is 1. The normalized spacial score (nSPS) is 20.9. The van der Waals surface area contributed by atoms with E-state index in [2.05, 4.69) is 24.1 Å². The molecule has 1 unspecified atom stereocenters. The van der Waals surface area contributed by atoms with E-state index in [1.807, 2.05) is 0 Å². The van der Waals surface area contributed by atoms with Gasteiger partial charge in [0.05, 0.1) is 17.4 Å². The summed E-state index contributed by atoms with van der Waals surface area (Å²) in [6, 6.07) is 1.55. The van der Waals surface area contributed by atoms with Crippen molar-refractivity contribution in [1.29, 1.82) is 0 Å². The number of anilines is 2. The Kier molecular flexibility index (Phi) is 2.69. The van der Waals surface area contributed by atoms with E-state index in [1.54, 1.807) is 6.07 Å². The number of hydrogen-bond donors (Lipinski definition) is 3. The topological polar surface area (TPSA) is 94.0 Å². The maximum atomic E-state index is 11.2. The number of amides is 1. The Hall–Kier alpha value is -1.78. The molecule has 1 amide bonds. The first-order valence-electron chi connectivity index (χ1n) is 5.69. The number of carbonyl (C=O) groups excluding carboxylic acids is 1. The minimum absolute atomic E-state index is 0.350. The Morgan fingerprint density at radius 1 is 1.65 bits per heavy atom. The fraction of sp³-hybridized carbons (Fsp3) is 0.500. The summed E-state index contributed by atoms with van der Waals surface area (Å²) in [6.45, 7) is 5.26. The van der Waals surface area contributed by atoms with Gasteiger partial charge in [0.2, 0.25) is 0 Å². The van der Waals surface area contributed by atoms with E-state index in [9.17, 15) is 4.79 Å². The Labute approximate surface area is 101 Å². The van der Waals surface area contributed by atoms with Crippen LogP contribution in [0.25, 0.3) is 0 Å². The van der Waals surface area contributed by atoms with Gasteiger partial charge in [0.15, 0.2) is 0 Å². The van der Waals surface area contributed by atoms with Crippen molar-refractivity contribution in [2.75, 3.05) is 17.6 Å². The Morgan fingerprint density at radius 3 is 2.82 bits per heavy atom. The van der Waals surface area contributed by atoms with Crippen LogP contribution in [-0.2, 0) is 0 Å². The van der Waals surface area contributed by atoms with Crippen LogP contribution in [0.5, 0.6) is 0 Å². The summed E-state index contributed by atoms with van der Waals surface area (Å²) in [6.07, 6.45) is 2.72. The average Bonchev–Trinajstić information content (AvgIpc) is 2.84.